The standard InChI is InChI=1S/C25H21Cl2FN2O/c1-15(24-20(26)8-9-21(28)25(24)27)31-30-11-10-22-23(30)13-18(14-29-22)19-5-3-2-4-17(19)12-16-6-7-16/h2-5,8-11,13-16H,6-7,12H2,1H3. The lowest BCUT2D eigenvalue weighted by Crippen LogP contribution is -2.16. The molecule has 1 aliphatic rings. The van der Waals surface area contributed by atoms with E-state index in [1.807, 2.05) is 12.3 Å². The van der Waals surface area contributed by atoms with E-state index < -0.39 is 11.9 Å². The highest BCUT2D eigenvalue weighted by atomic mass is 35.5. The highest BCUT2D eigenvalue weighted by molar-refractivity contribution is 6.36. The first-order valence-corrected chi connectivity index (χ1v) is 11.1. The molecule has 5 rings (SSSR count). The lowest BCUT2D eigenvalue weighted by molar-refractivity contribution is 0.0562. The number of rotatable bonds is 6. The topological polar surface area (TPSA) is 27.1 Å². The van der Waals surface area contributed by atoms with Gasteiger partial charge in [0, 0.05) is 28.5 Å². The summed E-state index contributed by atoms with van der Waals surface area (Å²) in [6.45, 7) is 1.79. The van der Waals surface area contributed by atoms with E-state index in [4.69, 9.17) is 28.0 Å². The second kappa shape index (κ2) is 8.18. The summed E-state index contributed by atoms with van der Waals surface area (Å²) in [4.78, 5) is 10.7. The minimum atomic E-state index is -0.558. The van der Waals surface area contributed by atoms with Gasteiger partial charge in [-0.1, -0.05) is 47.5 Å². The fourth-order valence-corrected chi connectivity index (χ4v) is 4.66. The van der Waals surface area contributed by atoms with Crippen LogP contribution in [0.4, 0.5) is 4.39 Å². The summed E-state index contributed by atoms with van der Waals surface area (Å²) in [7, 11) is 0. The average molecular weight is 455 g/mol. The van der Waals surface area contributed by atoms with Gasteiger partial charge in [-0.2, -0.15) is 4.73 Å². The highest BCUT2D eigenvalue weighted by Gasteiger charge is 2.23. The molecular weight excluding hydrogens is 434 g/mol. The first-order chi connectivity index (χ1) is 15.0. The smallest absolute Gasteiger partial charge is 0.150 e. The summed E-state index contributed by atoms with van der Waals surface area (Å²) >= 11 is 12.4. The summed E-state index contributed by atoms with van der Waals surface area (Å²) in [5.74, 6) is 0.275. The average Bonchev–Trinajstić information content (AvgIpc) is 3.50. The number of nitrogens with zero attached hydrogens (tertiary/aromatic N) is 2. The minimum Gasteiger partial charge on any atom is -0.406 e. The number of benzene rings is 2. The van der Waals surface area contributed by atoms with Crippen molar-refractivity contribution in [2.24, 2.45) is 5.92 Å². The molecule has 0 radical (unpaired) electrons. The molecule has 1 saturated carbocycles. The number of fused-ring (bicyclic) bond motifs is 1. The first-order valence-electron chi connectivity index (χ1n) is 10.4. The Labute approximate surface area is 190 Å². The summed E-state index contributed by atoms with van der Waals surface area (Å²) in [5, 5.41) is 0.340. The van der Waals surface area contributed by atoms with Crippen LogP contribution in [0.5, 0.6) is 0 Å². The molecule has 0 aliphatic heterocycles. The molecule has 2 aromatic carbocycles. The number of hydrogen-bond acceptors (Lipinski definition) is 2. The van der Waals surface area contributed by atoms with Crippen molar-refractivity contribution in [1.29, 1.82) is 0 Å². The van der Waals surface area contributed by atoms with E-state index in [-0.39, 0.29) is 5.02 Å². The van der Waals surface area contributed by atoms with Crippen LogP contribution >= 0.6 is 23.2 Å². The predicted molar refractivity (Wildman–Crippen MR) is 123 cm³/mol. The van der Waals surface area contributed by atoms with Crippen molar-refractivity contribution in [2.45, 2.75) is 32.3 Å². The maximum atomic E-state index is 14.0. The molecule has 1 aliphatic carbocycles. The quantitative estimate of drug-likeness (QED) is 0.286. The van der Waals surface area contributed by atoms with Gasteiger partial charge in [-0.3, -0.25) is 4.98 Å². The van der Waals surface area contributed by atoms with Crippen LogP contribution in [0.2, 0.25) is 10.0 Å². The monoisotopic (exact) mass is 454 g/mol. The molecular formula is C25H21Cl2FN2O. The molecule has 1 fully saturated rings. The molecule has 4 aromatic rings. The van der Waals surface area contributed by atoms with Gasteiger partial charge in [-0.25, -0.2) is 4.39 Å². The van der Waals surface area contributed by atoms with Gasteiger partial charge >= 0.3 is 0 Å². The van der Waals surface area contributed by atoms with Crippen LogP contribution in [-0.4, -0.2) is 9.71 Å². The molecule has 3 nitrogen and oxygen atoms in total. The summed E-state index contributed by atoms with van der Waals surface area (Å²) < 4.78 is 15.6. The molecule has 158 valence electrons. The van der Waals surface area contributed by atoms with Crippen molar-refractivity contribution in [3.05, 3.63) is 87.9 Å². The number of halogens is 3. The summed E-state index contributed by atoms with van der Waals surface area (Å²) in [6, 6.07) is 15.2. The Morgan fingerprint density at radius 3 is 2.77 bits per heavy atom. The van der Waals surface area contributed by atoms with Crippen LogP contribution in [0.15, 0.2) is 60.9 Å². The third kappa shape index (κ3) is 4.02. The lowest BCUT2D eigenvalue weighted by atomic mass is 9.97. The highest BCUT2D eigenvalue weighted by Crippen LogP contribution is 2.37. The largest absolute Gasteiger partial charge is 0.406 e. The van der Waals surface area contributed by atoms with Crippen LogP contribution in [0.3, 0.4) is 0 Å². The third-order valence-electron chi connectivity index (χ3n) is 5.79. The van der Waals surface area contributed by atoms with E-state index in [0.29, 0.717) is 10.6 Å². The molecule has 0 N–H and O–H groups in total. The Hall–Kier alpha value is -2.56. The van der Waals surface area contributed by atoms with E-state index in [0.717, 1.165) is 28.9 Å². The predicted octanol–water partition coefficient (Wildman–Crippen LogP) is 7.29. The Morgan fingerprint density at radius 2 is 1.97 bits per heavy atom. The zero-order valence-electron chi connectivity index (χ0n) is 17.0. The van der Waals surface area contributed by atoms with Crippen LogP contribution < -0.4 is 4.84 Å². The Kier molecular flexibility index (Phi) is 5.37. The second-order valence-corrected chi connectivity index (χ2v) is 8.86. The third-order valence-corrected chi connectivity index (χ3v) is 6.51. The Balaban J connectivity index is 1.50. The SMILES string of the molecule is CC(On1ccc2ncc(-c3ccccc3CC3CC3)cc21)c1c(Cl)ccc(F)c1Cl. The van der Waals surface area contributed by atoms with Crippen molar-refractivity contribution in [1.82, 2.24) is 9.71 Å². The van der Waals surface area contributed by atoms with Gasteiger partial charge in [0.15, 0.2) is 6.10 Å². The van der Waals surface area contributed by atoms with Crippen molar-refractivity contribution in [2.75, 3.05) is 0 Å². The van der Waals surface area contributed by atoms with Gasteiger partial charge in [0.05, 0.1) is 10.5 Å². The normalized spacial score (nSPS) is 14.7. The van der Waals surface area contributed by atoms with E-state index in [9.17, 15) is 4.39 Å². The van der Waals surface area contributed by atoms with Gasteiger partial charge in [0.2, 0.25) is 0 Å². The fraction of sp³-hybridized carbons (Fsp3) is 0.240. The molecule has 1 atom stereocenters. The van der Waals surface area contributed by atoms with E-state index in [1.165, 1.54) is 36.1 Å². The zero-order chi connectivity index (χ0) is 21.5. The lowest BCUT2D eigenvalue weighted by Gasteiger charge is -2.19. The molecule has 6 heteroatoms. The number of aromatic nitrogens is 2. The van der Waals surface area contributed by atoms with Crippen molar-refractivity contribution in [3.63, 3.8) is 0 Å². The van der Waals surface area contributed by atoms with E-state index in [1.54, 1.807) is 17.9 Å². The van der Waals surface area contributed by atoms with Crippen molar-refractivity contribution in [3.8, 4) is 11.1 Å². The number of pyridine rings is 1. The molecule has 0 saturated heterocycles. The second-order valence-electron chi connectivity index (χ2n) is 8.08. The summed E-state index contributed by atoms with van der Waals surface area (Å²) in [6.07, 6.45) is 6.87. The van der Waals surface area contributed by atoms with Crippen molar-refractivity contribution < 1.29 is 9.23 Å². The van der Waals surface area contributed by atoms with Crippen LogP contribution in [0.25, 0.3) is 22.2 Å². The minimum absolute atomic E-state index is 0.0238. The summed E-state index contributed by atoms with van der Waals surface area (Å²) in [5.41, 5.74) is 5.64. The van der Waals surface area contributed by atoms with Crippen LogP contribution in [-0.2, 0) is 6.42 Å². The van der Waals surface area contributed by atoms with E-state index >= 15 is 0 Å². The van der Waals surface area contributed by atoms with E-state index in [2.05, 4.69) is 35.3 Å². The maximum absolute atomic E-state index is 14.0. The Bertz CT molecular complexity index is 1270. The van der Waals surface area contributed by atoms with Gasteiger partial charge in [0.1, 0.15) is 11.3 Å². The maximum Gasteiger partial charge on any atom is 0.150 e. The van der Waals surface area contributed by atoms with Crippen molar-refractivity contribution >= 4 is 34.2 Å². The molecule has 0 amide bonds. The number of hydrogen-bond donors (Lipinski definition) is 0. The van der Waals surface area contributed by atoms with Crippen LogP contribution in [0.1, 0.15) is 37.0 Å². The zero-order valence-corrected chi connectivity index (χ0v) is 18.5. The van der Waals surface area contributed by atoms with Gasteiger partial charge < -0.3 is 4.84 Å². The van der Waals surface area contributed by atoms with Gasteiger partial charge in [-0.05, 0) is 67.5 Å². The fourth-order valence-electron chi connectivity index (χ4n) is 3.98. The Morgan fingerprint density at radius 1 is 1.16 bits per heavy atom. The molecule has 0 spiro atoms. The van der Waals surface area contributed by atoms with Gasteiger partial charge in [0.25, 0.3) is 0 Å². The first kappa shape index (κ1) is 20.3. The molecule has 0 bridgehead atoms. The molecule has 31 heavy (non-hydrogen) atoms. The molecule has 1 unspecified atom stereocenters. The molecule has 2 heterocycles. The van der Waals surface area contributed by atoms with Crippen LogP contribution in [0, 0.1) is 11.7 Å². The van der Waals surface area contributed by atoms with Gasteiger partial charge in [-0.15, -0.1) is 0 Å². The molecule has 2 aromatic heterocycles.